The van der Waals surface area contributed by atoms with Crippen molar-refractivity contribution in [3.05, 3.63) is 65.5 Å². The van der Waals surface area contributed by atoms with Crippen molar-refractivity contribution in [2.24, 2.45) is 0 Å². The lowest BCUT2D eigenvalue weighted by atomic mass is 9.91. The highest BCUT2D eigenvalue weighted by Crippen LogP contribution is 2.26. The van der Waals surface area contributed by atoms with Crippen molar-refractivity contribution in [1.82, 2.24) is 20.2 Å². The molecule has 1 aromatic heterocycles. The second-order valence-electron chi connectivity index (χ2n) is 7.38. The summed E-state index contributed by atoms with van der Waals surface area (Å²) >= 11 is 0. The molecule has 1 fully saturated rings. The highest BCUT2D eigenvalue weighted by Gasteiger charge is 2.21. The largest absolute Gasteiger partial charge is 0.388 e. The van der Waals surface area contributed by atoms with E-state index in [0.717, 1.165) is 30.7 Å². The van der Waals surface area contributed by atoms with E-state index in [2.05, 4.69) is 50.5 Å². The van der Waals surface area contributed by atoms with Crippen molar-refractivity contribution in [2.45, 2.75) is 25.4 Å². The van der Waals surface area contributed by atoms with Crippen LogP contribution in [-0.2, 0) is 6.61 Å². The zero-order valence-corrected chi connectivity index (χ0v) is 15.9. The summed E-state index contributed by atoms with van der Waals surface area (Å²) in [6.45, 7) is 3.47. The van der Waals surface area contributed by atoms with Gasteiger partial charge in [0.15, 0.2) is 0 Å². The molecule has 146 valence electrons. The highest BCUT2D eigenvalue weighted by atomic mass is 16.3. The second-order valence-corrected chi connectivity index (χ2v) is 7.38. The van der Waals surface area contributed by atoms with E-state index in [9.17, 15) is 9.90 Å². The van der Waals surface area contributed by atoms with E-state index in [0.29, 0.717) is 23.9 Å². The van der Waals surface area contributed by atoms with Gasteiger partial charge in [0.05, 0.1) is 11.0 Å². The fourth-order valence-electron chi connectivity index (χ4n) is 3.96. The van der Waals surface area contributed by atoms with Crippen LogP contribution >= 0.6 is 0 Å². The maximum Gasteiger partial charge on any atom is 0.251 e. The van der Waals surface area contributed by atoms with Crippen LogP contribution < -0.4 is 5.32 Å². The molecule has 0 aliphatic carbocycles. The van der Waals surface area contributed by atoms with Crippen molar-refractivity contribution < 1.29 is 9.90 Å². The third-order valence-corrected chi connectivity index (χ3v) is 5.43. The summed E-state index contributed by atoms with van der Waals surface area (Å²) in [6.07, 6.45) is 2.42. The number of hydrogen-bond acceptors (Lipinski definition) is 4. The minimum atomic E-state index is -0.143. The Labute approximate surface area is 164 Å². The number of benzene rings is 2. The first-order valence-corrected chi connectivity index (χ1v) is 9.88. The molecule has 1 aliphatic heterocycles. The standard InChI is InChI=1S/C22H26N4O2/c27-15-21-24-19-9-8-17(13-20(19)25-21)22(28)23-10-12-26-11-4-7-18(14-26)16-5-2-1-3-6-16/h1-3,5-6,8-9,13,18,27H,4,7,10-12,14-15H2,(H,23,28)(H,24,25). The van der Waals surface area contributed by atoms with Gasteiger partial charge in [0, 0.05) is 25.2 Å². The number of aliphatic hydroxyl groups is 1. The summed E-state index contributed by atoms with van der Waals surface area (Å²) in [5.74, 6) is 0.999. The first-order valence-electron chi connectivity index (χ1n) is 9.88. The predicted octanol–water partition coefficient (Wildman–Crippen LogP) is 2.66. The summed E-state index contributed by atoms with van der Waals surface area (Å²) in [5.41, 5.74) is 3.52. The minimum absolute atomic E-state index is 0.0846. The average molecular weight is 378 g/mol. The molecular formula is C22H26N4O2. The first-order chi connectivity index (χ1) is 13.7. The molecule has 6 heteroatoms. The predicted molar refractivity (Wildman–Crippen MR) is 109 cm³/mol. The summed E-state index contributed by atoms with van der Waals surface area (Å²) in [5, 5.41) is 12.2. The van der Waals surface area contributed by atoms with E-state index < -0.39 is 0 Å². The fourth-order valence-corrected chi connectivity index (χ4v) is 3.96. The van der Waals surface area contributed by atoms with Gasteiger partial charge in [0.25, 0.3) is 5.91 Å². The Morgan fingerprint density at radius 3 is 2.93 bits per heavy atom. The Hall–Kier alpha value is -2.70. The van der Waals surface area contributed by atoms with Gasteiger partial charge in [0.2, 0.25) is 0 Å². The van der Waals surface area contributed by atoms with E-state index in [1.807, 2.05) is 0 Å². The smallest absolute Gasteiger partial charge is 0.251 e. The van der Waals surface area contributed by atoms with Crippen molar-refractivity contribution in [2.75, 3.05) is 26.2 Å². The Bertz CT molecular complexity index is 938. The number of nitrogens with one attached hydrogen (secondary N) is 2. The molecule has 1 aliphatic rings. The SMILES string of the molecule is O=C(NCCN1CCCC(c2ccccc2)C1)c1ccc2nc(CO)[nH]c2c1. The zero-order chi connectivity index (χ0) is 19.3. The molecule has 0 saturated carbocycles. The van der Waals surface area contributed by atoms with E-state index in [1.165, 1.54) is 18.4 Å². The molecule has 1 amide bonds. The summed E-state index contributed by atoms with van der Waals surface area (Å²) < 4.78 is 0. The number of amides is 1. The number of aliphatic hydroxyl groups excluding tert-OH is 1. The monoisotopic (exact) mass is 378 g/mol. The summed E-state index contributed by atoms with van der Waals surface area (Å²) in [6, 6.07) is 16.0. The molecule has 0 radical (unpaired) electrons. The quantitative estimate of drug-likeness (QED) is 0.616. The summed E-state index contributed by atoms with van der Waals surface area (Å²) in [7, 11) is 0. The fraction of sp³-hybridized carbons (Fsp3) is 0.364. The van der Waals surface area contributed by atoms with Gasteiger partial charge in [-0.05, 0) is 49.1 Å². The van der Waals surface area contributed by atoms with Gasteiger partial charge < -0.3 is 20.3 Å². The number of rotatable bonds is 6. The average Bonchev–Trinajstić information content (AvgIpc) is 3.17. The number of likely N-dealkylation sites (tertiary alicyclic amines) is 1. The number of aromatic nitrogens is 2. The van der Waals surface area contributed by atoms with Crippen LogP contribution in [0.4, 0.5) is 0 Å². The van der Waals surface area contributed by atoms with Gasteiger partial charge in [0.1, 0.15) is 12.4 Å². The normalized spacial score (nSPS) is 17.7. The van der Waals surface area contributed by atoms with Crippen molar-refractivity contribution >= 4 is 16.9 Å². The second kappa shape index (κ2) is 8.54. The maximum atomic E-state index is 12.5. The number of nitrogens with zero attached hydrogens (tertiary/aromatic N) is 2. The molecule has 1 unspecified atom stereocenters. The molecule has 2 heterocycles. The third kappa shape index (κ3) is 4.24. The lowest BCUT2D eigenvalue weighted by Crippen LogP contribution is -2.40. The van der Waals surface area contributed by atoms with Gasteiger partial charge in [-0.3, -0.25) is 4.79 Å². The number of fused-ring (bicyclic) bond motifs is 1. The Morgan fingerprint density at radius 2 is 2.11 bits per heavy atom. The number of aromatic amines is 1. The molecule has 4 rings (SSSR count). The van der Waals surface area contributed by atoms with Crippen LogP contribution in [0.15, 0.2) is 48.5 Å². The van der Waals surface area contributed by atoms with E-state index in [-0.39, 0.29) is 12.5 Å². The van der Waals surface area contributed by atoms with Gasteiger partial charge in [-0.1, -0.05) is 30.3 Å². The molecular weight excluding hydrogens is 352 g/mol. The molecule has 1 saturated heterocycles. The maximum absolute atomic E-state index is 12.5. The van der Waals surface area contributed by atoms with Crippen LogP contribution in [0.1, 0.15) is 40.5 Å². The topological polar surface area (TPSA) is 81.2 Å². The molecule has 1 atom stereocenters. The van der Waals surface area contributed by atoms with Crippen LogP contribution in [0.5, 0.6) is 0 Å². The van der Waals surface area contributed by atoms with Gasteiger partial charge >= 0.3 is 0 Å². The molecule has 0 bridgehead atoms. The molecule has 0 spiro atoms. The number of carbonyl (C=O) groups excluding carboxylic acids is 1. The van der Waals surface area contributed by atoms with Gasteiger partial charge in [-0.2, -0.15) is 0 Å². The highest BCUT2D eigenvalue weighted by molar-refractivity contribution is 5.97. The Kier molecular flexibility index (Phi) is 5.69. The van der Waals surface area contributed by atoms with Crippen LogP contribution in [-0.4, -0.2) is 52.1 Å². The minimum Gasteiger partial charge on any atom is -0.388 e. The number of H-pyrrole nitrogens is 1. The number of piperidine rings is 1. The number of carbonyl (C=O) groups is 1. The summed E-state index contributed by atoms with van der Waals surface area (Å²) in [4.78, 5) is 22.2. The van der Waals surface area contributed by atoms with Crippen molar-refractivity contribution in [1.29, 1.82) is 0 Å². The van der Waals surface area contributed by atoms with Gasteiger partial charge in [-0.15, -0.1) is 0 Å². The van der Waals surface area contributed by atoms with Crippen LogP contribution in [0.25, 0.3) is 11.0 Å². The lowest BCUT2D eigenvalue weighted by Gasteiger charge is -2.33. The van der Waals surface area contributed by atoms with Crippen molar-refractivity contribution in [3.63, 3.8) is 0 Å². The van der Waals surface area contributed by atoms with E-state index in [4.69, 9.17) is 0 Å². The van der Waals surface area contributed by atoms with Crippen LogP contribution in [0, 0.1) is 0 Å². The molecule has 28 heavy (non-hydrogen) atoms. The molecule has 3 N–H and O–H groups in total. The van der Waals surface area contributed by atoms with Crippen LogP contribution in [0.2, 0.25) is 0 Å². The van der Waals surface area contributed by atoms with Crippen molar-refractivity contribution in [3.8, 4) is 0 Å². The first kappa shape index (κ1) is 18.7. The Morgan fingerprint density at radius 1 is 1.25 bits per heavy atom. The molecule has 2 aromatic carbocycles. The van der Waals surface area contributed by atoms with Gasteiger partial charge in [-0.25, -0.2) is 4.98 Å². The number of hydrogen-bond donors (Lipinski definition) is 3. The van der Waals surface area contributed by atoms with E-state index >= 15 is 0 Å². The Balaban J connectivity index is 1.30. The number of imidazole rings is 1. The third-order valence-electron chi connectivity index (χ3n) is 5.43. The van der Waals surface area contributed by atoms with Crippen LogP contribution in [0.3, 0.4) is 0 Å². The van der Waals surface area contributed by atoms with E-state index in [1.54, 1.807) is 18.2 Å². The lowest BCUT2D eigenvalue weighted by molar-refractivity contribution is 0.0945. The molecule has 6 nitrogen and oxygen atoms in total. The zero-order valence-electron chi connectivity index (χ0n) is 15.9. The molecule has 3 aromatic rings.